The third kappa shape index (κ3) is 6.71. The lowest BCUT2D eigenvalue weighted by molar-refractivity contribution is -0.116. The van der Waals surface area contributed by atoms with Gasteiger partial charge in [-0.2, -0.15) is 0 Å². The average molecular weight is 410 g/mol. The van der Waals surface area contributed by atoms with Crippen molar-refractivity contribution in [2.24, 2.45) is 0 Å². The van der Waals surface area contributed by atoms with E-state index in [-0.39, 0.29) is 24.7 Å². The Labute approximate surface area is 173 Å². The fraction of sp³-hybridized carbons (Fsp3) is 0.136. The lowest BCUT2D eigenvalue weighted by atomic mass is 10.2. The van der Waals surface area contributed by atoms with E-state index in [1.807, 2.05) is 0 Å². The molecule has 29 heavy (non-hydrogen) atoms. The Morgan fingerprint density at radius 1 is 0.966 bits per heavy atom. The highest BCUT2D eigenvalue weighted by molar-refractivity contribution is 6.30. The molecule has 148 valence electrons. The SMILES string of the molecule is O=C(CCNCC(=O)c1ccncc1)Nc1cccc(Oc2ccc(Cl)cc2)c1. The van der Waals surface area contributed by atoms with E-state index in [1.165, 1.54) is 0 Å². The van der Waals surface area contributed by atoms with Crippen molar-refractivity contribution in [2.75, 3.05) is 18.4 Å². The normalized spacial score (nSPS) is 10.4. The molecule has 0 saturated carbocycles. The topological polar surface area (TPSA) is 80.3 Å². The van der Waals surface area contributed by atoms with Gasteiger partial charge in [0.1, 0.15) is 11.5 Å². The first-order chi connectivity index (χ1) is 14.1. The summed E-state index contributed by atoms with van der Waals surface area (Å²) in [6, 6.07) is 17.5. The summed E-state index contributed by atoms with van der Waals surface area (Å²) >= 11 is 5.87. The highest BCUT2D eigenvalue weighted by Gasteiger charge is 2.07. The molecule has 0 unspecified atom stereocenters. The van der Waals surface area contributed by atoms with Crippen molar-refractivity contribution >= 4 is 29.0 Å². The molecule has 0 bridgehead atoms. The zero-order valence-electron chi connectivity index (χ0n) is 15.6. The summed E-state index contributed by atoms with van der Waals surface area (Å²) in [4.78, 5) is 28.0. The van der Waals surface area contributed by atoms with E-state index in [0.717, 1.165) is 0 Å². The van der Waals surface area contributed by atoms with Gasteiger partial charge in [0.15, 0.2) is 5.78 Å². The number of pyridine rings is 1. The summed E-state index contributed by atoms with van der Waals surface area (Å²) in [5.41, 5.74) is 1.23. The summed E-state index contributed by atoms with van der Waals surface area (Å²) in [6.45, 7) is 0.561. The maximum Gasteiger partial charge on any atom is 0.225 e. The Morgan fingerprint density at radius 3 is 2.48 bits per heavy atom. The van der Waals surface area contributed by atoms with Crippen LogP contribution in [0.25, 0.3) is 0 Å². The van der Waals surface area contributed by atoms with Crippen LogP contribution in [0.3, 0.4) is 0 Å². The van der Waals surface area contributed by atoms with E-state index in [4.69, 9.17) is 16.3 Å². The number of amides is 1. The van der Waals surface area contributed by atoms with Gasteiger partial charge in [-0.25, -0.2) is 0 Å². The molecule has 0 fully saturated rings. The molecule has 0 atom stereocenters. The molecule has 2 N–H and O–H groups in total. The van der Waals surface area contributed by atoms with Crippen LogP contribution < -0.4 is 15.4 Å². The smallest absolute Gasteiger partial charge is 0.225 e. The Morgan fingerprint density at radius 2 is 1.72 bits per heavy atom. The Kier molecular flexibility index (Phi) is 7.33. The van der Waals surface area contributed by atoms with Crippen LogP contribution in [0.2, 0.25) is 5.02 Å². The van der Waals surface area contributed by atoms with Crippen LogP contribution >= 0.6 is 11.6 Å². The van der Waals surface area contributed by atoms with Crippen LogP contribution in [-0.2, 0) is 4.79 Å². The van der Waals surface area contributed by atoms with Crippen molar-refractivity contribution in [3.63, 3.8) is 0 Å². The van der Waals surface area contributed by atoms with Gasteiger partial charge >= 0.3 is 0 Å². The van der Waals surface area contributed by atoms with Crippen LogP contribution in [0.15, 0.2) is 73.1 Å². The second-order valence-corrected chi connectivity index (χ2v) is 6.65. The molecule has 0 aliphatic heterocycles. The molecule has 7 heteroatoms. The first kappa shape index (κ1) is 20.5. The van der Waals surface area contributed by atoms with Gasteiger partial charge in [0.05, 0.1) is 6.54 Å². The predicted octanol–water partition coefficient (Wildman–Crippen LogP) is 4.33. The molecule has 1 amide bonds. The lowest BCUT2D eigenvalue weighted by Crippen LogP contribution is -2.27. The Balaban J connectivity index is 1.43. The summed E-state index contributed by atoms with van der Waals surface area (Å²) in [7, 11) is 0. The van der Waals surface area contributed by atoms with Gasteiger partial charge in [0, 0.05) is 47.7 Å². The van der Waals surface area contributed by atoms with Crippen LogP contribution in [0, 0.1) is 0 Å². The first-order valence-corrected chi connectivity index (χ1v) is 9.45. The van der Waals surface area contributed by atoms with E-state index in [9.17, 15) is 9.59 Å². The maximum atomic E-state index is 12.1. The second-order valence-electron chi connectivity index (χ2n) is 6.22. The number of ether oxygens (including phenoxy) is 1. The number of hydrogen-bond donors (Lipinski definition) is 2. The molecule has 3 rings (SSSR count). The van der Waals surface area contributed by atoms with Crippen molar-refractivity contribution in [1.82, 2.24) is 10.3 Å². The molecule has 0 radical (unpaired) electrons. The average Bonchev–Trinajstić information content (AvgIpc) is 2.74. The van der Waals surface area contributed by atoms with E-state index in [1.54, 1.807) is 73.1 Å². The number of carbonyl (C=O) groups is 2. The molecule has 0 aliphatic carbocycles. The van der Waals surface area contributed by atoms with Gasteiger partial charge in [-0.1, -0.05) is 17.7 Å². The summed E-state index contributed by atoms with van der Waals surface area (Å²) < 4.78 is 5.76. The van der Waals surface area contributed by atoms with Gasteiger partial charge in [0.25, 0.3) is 0 Å². The molecule has 3 aromatic rings. The summed E-state index contributed by atoms with van der Waals surface area (Å²) in [5, 5.41) is 6.44. The number of Topliss-reactive ketones (excluding diaryl/α,β-unsaturated/α-hetero) is 1. The van der Waals surface area contributed by atoms with E-state index in [0.29, 0.717) is 34.3 Å². The summed E-state index contributed by atoms with van der Waals surface area (Å²) in [5.74, 6) is 1.06. The van der Waals surface area contributed by atoms with Crippen molar-refractivity contribution < 1.29 is 14.3 Å². The largest absolute Gasteiger partial charge is 0.457 e. The minimum atomic E-state index is -0.155. The number of rotatable bonds is 9. The fourth-order valence-electron chi connectivity index (χ4n) is 2.54. The number of aromatic nitrogens is 1. The van der Waals surface area contributed by atoms with Crippen LogP contribution in [0.4, 0.5) is 5.69 Å². The number of anilines is 1. The van der Waals surface area contributed by atoms with Crippen molar-refractivity contribution in [3.05, 3.63) is 83.6 Å². The third-order valence-electron chi connectivity index (χ3n) is 3.98. The molecule has 1 heterocycles. The van der Waals surface area contributed by atoms with E-state index >= 15 is 0 Å². The molecule has 2 aromatic carbocycles. The van der Waals surface area contributed by atoms with E-state index < -0.39 is 0 Å². The number of benzene rings is 2. The number of ketones is 1. The molecule has 6 nitrogen and oxygen atoms in total. The molecular weight excluding hydrogens is 390 g/mol. The highest BCUT2D eigenvalue weighted by Crippen LogP contribution is 2.25. The Hall–Kier alpha value is -3.22. The minimum Gasteiger partial charge on any atom is -0.457 e. The molecule has 0 saturated heterocycles. The number of hydrogen-bond acceptors (Lipinski definition) is 5. The summed E-state index contributed by atoms with van der Waals surface area (Å²) in [6.07, 6.45) is 3.39. The minimum absolute atomic E-state index is 0.0418. The van der Waals surface area contributed by atoms with Crippen molar-refractivity contribution in [3.8, 4) is 11.5 Å². The monoisotopic (exact) mass is 409 g/mol. The lowest BCUT2D eigenvalue weighted by Gasteiger charge is -2.09. The number of nitrogens with zero attached hydrogens (tertiary/aromatic N) is 1. The van der Waals surface area contributed by atoms with Gasteiger partial charge < -0.3 is 15.4 Å². The first-order valence-electron chi connectivity index (χ1n) is 9.07. The zero-order valence-corrected chi connectivity index (χ0v) is 16.4. The molecular formula is C22H20ClN3O3. The standard InChI is InChI=1S/C22H20ClN3O3/c23-17-4-6-19(7-5-17)29-20-3-1-2-18(14-20)26-22(28)10-13-25-15-21(27)16-8-11-24-12-9-16/h1-9,11-12,14,25H,10,13,15H2,(H,26,28). The fourth-order valence-corrected chi connectivity index (χ4v) is 2.67. The van der Waals surface area contributed by atoms with Crippen LogP contribution in [0.5, 0.6) is 11.5 Å². The maximum absolute atomic E-state index is 12.1. The van der Waals surface area contributed by atoms with Gasteiger partial charge in [0.2, 0.25) is 5.91 Å². The van der Waals surface area contributed by atoms with E-state index in [2.05, 4.69) is 15.6 Å². The quantitative estimate of drug-likeness (QED) is 0.406. The highest BCUT2D eigenvalue weighted by atomic mass is 35.5. The van der Waals surface area contributed by atoms with Gasteiger partial charge in [-0.3, -0.25) is 14.6 Å². The van der Waals surface area contributed by atoms with Gasteiger partial charge in [-0.15, -0.1) is 0 Å². The van der Waals surface area contributed by atoms with Crippen LogP contribution in [0.1, 0.15) is 16.8 Å². The second kappa shape index (κ2) is 10.4. The third-order valence-corrected chi connectivity index (χ3v) is 4.24. The van der Waals surface area contributed by atoms with Crippen molar-refractivity contribution in [1.29, 1.82) is 0 Å². The van der Waals surface area contributed by atoms with Crippen LogP contribution in [-0.4, -0.2) is 29.8 Å². The van der Waals surface area contributed by atoms with Gasteiger partial charge in [-0.05, 0) is 48.5 Å². The predicted molar refractivity (Wildman–Crippen MR) is 113 cm³/mol. The molecule has 1 aromatic heterocycles. The number of carbonyl (C=O) groups excluding carboxylic acids is 2. The number of nitrogens with one attached hydrogen (secondary N) is 2. The van der Waals surface area contributed by atoms with Crippen molar-refractivity contribution in [2.45, 2.75) is 6.42 Å². The zero-order chi connectivity index (χ0) is 20.5. The molecule has 0 spiro atoms. The molecule has 0 aliphatic rings. The Bertz CT molecular complexity index is 963. The number of halogens is 1.